The van der Waals surface area contributed by atoms with Gasteiger partial charge < -0.3 is 14.6 Å². The molecule has 2 heterocycles. The van der Waals surface area contributed by atoms with E-state index in [4.69, 9.17) is 9.47 Å². The van der Waals surface area contributed by atoms with Gasteiger partial charge in [0.2, 0.25) is 0 Å². The van der Waals surface area contributed by atoms with Crippen molar-refractivity contribution in [1.29, 1.82) is 0 Å². The Morgan fingerprint density at radius 3 is 2.83 bits per heavy atom. The summed E-state index contributed by atoms with van der Waals surface area (Å²) in [6.45, 7) is 4.48. The molecule has 8 atom stereocenters. The number of hydrogen-bond acceptors (Lipinski definition) is 4. The summed E-state index contributed by atoms with van der Waals surface area (Å²) in [5, 5.41) is 10.2. The highest BCUT2D eigenvalue weighted by molar-refractivity contribution is 5.71. The summed E-state index contributed by atoms with van der Waals surface area (Å²) in [5.41, 5.74) is -0.386. The number of esters is 1. The minimum absolute atomic E-state index is 0.00376. The lowest BCUT2D eigenvalue weighted by Crippen LogP contribution is -2.60. The summed E-state index contributed by atoms with van der Waals surface area (Å²) >= 11 is 0. The molecule has 5 aliphatic rings. The van der Waals surface area contributed by atoms with Gasteiger partial charge in [-0.15, -0.1) is 0 Å². The summed E-state index contributed by atoms with van der Waals surface area (Å²) in [5.74, 6) is 1.62. The Morgan fingerprint density at radius 1 is 1.17 bits per heavy atom. The summed E-state index contributed by atoms with van der Waals surface area (Å²) in [6.07, 6.45) is 9.49. The average molecular weight is 318 g/mol. The van der Waals surface area contributed by atoms with E-state index in [1.54, 1.807) is 0 Å². The Bertz CT molecular complexity index is 600. The maximum Gasteiger partial charge on any atom is 0.306 e. The van der Waals surface area contributed by atoms with Gasteiger partial charge in [0.05, 0.1) is 0 Å². The fourth-order valence-electron chi connectivity index (χ4n) is 6.75. The summed E-state index contributed by atoms with van der Waals surface area (Å²) in [4.78, 5) is 11.8. The lowest BCUT2D eigenvalue weighted by Gasteiger charge is -2.59. The molecule has 2 saturated carbocycles. The highest BCUT2D eigenvalue weighted by Crippen LogP contribution is 2.69. The maximum atomic E-state index is 11.8. The van der Waals surface area contributed by atoms with Gasteiger partial charge in [-0.3, -0.25) is 4.79 Å². The fourth-order valence-corrected chi connectivity index (χ4v) is 6.75. The fraction of sp³-hybridized carbons (Fsp3) is 0.842. The molecule has 2 aliphatic heterocycles. The van der Waals surface area contributed by atoms with E-state index in [2.05, 4.69) is 19.9 Å². The van der Waals surface area contributed by atoms with E-state index in [1.807, 2.05) is 6.08 Å². The number of carbonyl (C=O) groups is 1. The van der Waals surface area contributed by atoms with Crippen LogP contribution in [0.1, 0.15) is 52.4 Å². The Hall–Kier alpha value is -0.870. The first-order valence-electron chi connectivity index (χ1n) is 9.17. The lowest BCUT2D eigenvalue weighted by molar-refractivity contribution is -0.198. The molecule has 0 amide bonds. The zero-order valence-electron chi connectivity index (χ0n) is 14.0. The van der Waals surface area contributed by atoms with Gasteiger partial charge >= 0.3 is 5.97 Å². The number of carbonyl (C=O) groups excluding carboxylic acids is 1. The largest absolute Gasteiger partial charge is 0.459 e. The lowest BCUT2D eigenvalue weighted by atomic mass is 9.47. The SMILES string of the molecule is C[C@]12CC[C@H]3[C@@H](CC[C@]45O[C@H]4[C@@H](O)C=C[C@]35C)[C@@H]1CCC(=O)O2. The first-order valence-corrected chi connectivity index (χ1v) is 9.17. The van der Waals surface area contributed by atoms with Crippen LogP contribution in [0.25, 0.3) is 0 Å². The second kappa shape index (κ2) is 4.20. The van der Waals surface area contributed by atoms with Crippen molar-refractivity contribution in [2.45, 2.75) is 75.8 Å². The van der Waals surface area contributed by atoms with Crippen molar-refractivity contribution in [3.05, 3.63) is 12.2 Å². The number of ether oxygens (including phenoxy) is 2. The summed E-state index contributed by atoms with van der Waals surface area (Å²) < 4.78 is 11.9. The van der Waals surface area contributed by atoms with Gasteiger partial charge in [-0.1, -0.05) is 19.1 Å². The quantitative estimate of drug-likeness (QED) is 0.424. The standard InChI is InChI=1S/C19H26O4/c1-17-8-7-14(20)16-19(17,23-16)10-5-11-12(17)6-9-18(2)13(11)3-4-15(21)22-18/h7-8,11-14,16,20H,3-6,9-10H2,1-2H3/t11-,12+,13+,14+,16+,17-,18+,19+/m1/s1. The molecule has 0 aromatic rings. The molecular formula is C19H26O4. The van der Waals surface area contributed by atoms with Crippen molar-refractivity contribution in [3.8, 4) is 0 Å². The number of fused-ring (bicyclic) bond motifs is 4. The van der Waals surface area contributed by atoms with Crippen LogP contribution in [0, 0.1) is 23.2 Å². The molecule has 3 aliphatic carbocycles. The van der Waals surface area contributed by atoms with Gasteiger partial charge in [-0.05, 0) is 50.9 Å². The van der Waals surface area contributed by atoms with Crippen LogP contribution in [-0.2, 0) is 14.3 Å². The molecule has 0 bridgehead atoms. The predicted octanol–water partition coefficient (Wildman–Crippen LogP) is 2.59. The van der Waals surface area contributed by atoms with Crippen molar-refractivity contribution in [2.75, 3.05) is 0 Å². The van der Waals surface area contributed by atoms with Crippen LogP contribution in [-0.4, -0.2) is 34.5 Å². The second-order valence-electron chi connectivity index (χ2n) is 8.84. The number of hydrogen-bond donors (Lipinski definition) is 1. The van der Waals surface area contributed by atoms with E-state index in [1.165, 1.54) is 0 Å². The molecule has 0 radical (unpaired) electrons. The average Bonchev–Trinajstić information content (AvgIpc) is 3.24. The van der Waals surface area contributed by atoms with Crippen LogP contribution < -0.4 is 0 Å². The first kappa shape index (κ1) is 14.5. The van der Waals surface area contributed by atoms with E-state index >= 15 is 0 Å². The third kappa shape index (κ3) is 1.62. The highest BCUT2D eigenvalue weighted by atomic mass is 16.6. The Balaban J connectivity index is 1.51. The smallest absolute Gasteiger partial charge is 0.306 e. The molecule has 0 aromatic heterocycles. The molecule has 4 fully saturated rings. The molecule has 23 heavy (non-hydrogen) atoms. The van der Waals surface area contributed by atoms with Crippen LogP contribution in [0.15, 0.2) is 12.2 Å². The highest BCUT2D eigenvalue weighted by Gasteiger charge is 2.74. The van der Waals surface area contributed by atoms with Crippen LogP contribution in [0.2, 0.25) is 0 Å². The van der Waals surface area contributed by atoms with Crippen LogP contribution in [0.3, 0.4) is 0 Å². The van der Waals surface area contributed by atoms with E-state index in [0.29, 0.717) is 24.2 Å². The molecule has 1 N–H and O–H groups in total. The van der Waals surface area contributed by atoms with Crippen molar-refractivity contribution in [3.63, 3.8) is 0 Å². The van der Waals surface area contributed by atoms with Gasteiger partial charge in [0.25, 0.3) is 0 Å². The van der Waals surface area contributed by atoms with E-state index < -0.39 is 6.10 Å². The van der Waals surface area contributed by atoms with Gasteiger partial charge in [-0.2, -0.15) is 0 Å². The normalized spacial score (nSPS) is 60.0. The Labute approximate surface area is 137 Å². The summed E-state index contributed by atoms with van der Waals surface area (Å²) in [6, 6.07) is 0. The van der Waals surface area contributed by atoms with Crippen molar-refractivity contribution >= 4 is 5.97 Å². The van der Waals surface area contributed by atoms with Gasteiger partial charge in [0, 0.05) is 17.8 Å². The molecule has 0 aromatic carbocycles. The Kier molecular flexibility index (Phi) is 2.65. The van der Waals surface area contributed by atoms with Crippen molar-refractivity contribution < 1.29 is 19.4 Å². The van der Waals surface area contributed by atoms with Crippen LogP contribution >= 0.6 is 0 Å². The van der Waals surface area contributed by atoms with E-state index in [-0.39, 0.29) is 28.7 Å². The molecule has 4 heteroatoms. The predicted molar refractivity (Wildman–Crippen MR) is 83.5 cm³/mol. The van der Waals surface area contributed by atoms with E-state index in [0.717, 1.165) is 32.1 Å². The zero-order valence-corrected chi connectivity index (χ0v) is 14.0. The molecule has 0 unspecified atom stereocenters. The molecule has 126 valence electrons. The minimum atomic E-state index is -0.441. The monoisotopic (exact) mass is 318 g/mol. The molecule has 2 saturated heterocycles. The topological polar surface area (TPSA) is 59.1 Å². The van der Waals surface area contributed by atoms with Gasteiger partial charge in [0.1, 0.15) is 23.4 Å². The minimum Gasteiger partial charge on any atom is -0.459 e. The molecule has 4 nitrogen and oxygen atoms in total. The van der Waals surface area contributed by atoms with Crippen molar-refractivity contribution in [1.82, 2.24) is 0 Å². The zero-order chi connectivity index (χ0) is 16.0. The number of aliphatic hydroxyl groups excluding tert-OH is 1. The third-order valence-corrected chi connectivity index (χ3v) is 8.00. The third-order valence-electron chi connectivity index (χ3n) is 8.00. The second-order valence-corrected chi connectivity index (χ2v) is 8.84. The van der Waals surface area contributed by atoms with Crippen LogP contribution in [0.4, 0.5) is 0 Å². The van der Waals surface area contributed by atoms with Gasteiger partial charge in [0.15, 0.2) is 0 Å². The van der Waals surface area contributed by atoms with Gasteiger partial charge in [-0.25, -0.2) is 0 Å². The maximum absolute atomic E-state index is 11.8. The number of aliphatic hydroxyl groups is 1. The Morgan fingerprint density at radius 2 is 2.00 bits per heavy atom. The first-order chi connectivity index (χ1) is 10.9. The van der Waals surface area contributed by atoms with Crippen molar-refractivity contribution in [2.24, 2.45) is 23.2 Å². The van der Waals surface area contributed by atoms with E-state index in [9.17, 15) is 9.90 Å². The summed E-state index contributed by atoms with van der Waals surface area (Å²) in [7, 11) is 0. The number of epoxide rings is 1. The molecule has 5 rings (SSSR count). The molecular weight excluding hydrogens is 292 g/mol. The van der Waals surface area contributed by atoms with Crippen LogP contribution in [0.5, 0.6) is 0 Å². The number of rotatable bonds is 0. The molecule has 1 spiro atoms.